The van der Waals surface area contributed by atoms with Gasteiger partial charge in [0.05, 0.1) is 30.7 Å². The van der Waals surface area contributed by atoms with Crippen LogP contribution in [-0.2, 0) is 28.7 Å². The van der Waals surface area contributed by atoms with E-state index in [4.69, 9.17) is 9.47 Å². The molecule has 10 nitrogen and oxygen atoms in total. The van der Waals surface area contributed by atoms with E-state index in [0.29, 0.717) is 31.5 Å². The number of unbranched alkanes of at least 4 members (excludes halogenated alkanes) is 2. The number of nitrogens with zero attached hydrogens (tertiary/aromatic N) is 2. The Morgan fingerprint density at radius 1 is 1.07 bits per heavy atom. The highest BCUT2D eigenvalue weighted by molar-refractivity contribution is 5.99. The number of fused-ring (bicyclic) bond motifs is 2. The molecule has 3 amide bonds. The number of benzene rings is 1. The maximum Gasteiger partial charge on any atom is 0.313 e. The molecule has 4 heterocycles. The Balaban J connectivity index is 1.58. The molecule has 4 aliphatic heterocycles. The molecular formula is C34H45N3O7. The minimum atomic E-state index is -1.35. The van der Waals surface area contributed by atoms with Crippen molar-refractivity contribution < 1.29 is 33.8 Å². The Labute approximate surface area is 259 Å². The van der Waals surface area contributed by atoms with Crippen LogP contribution in [0.1, 0.15) is 71.0 Å². The fourth-order valence-corrected chi connectivity index (χ4v) is 7.22. The molecule has 1 aromatic rings. The van der Waals surface area contributed by atoms with E-state index >= 15 is 0 Å². The molecule has 2 fully saturated rings. The van der Waals surface area contributed by atoms with Gasteiger partial charge in [-0.3, -0.25) is 19.2 Å². The molecule has 0 unspecified atom stereocenters. The summed E-state index contributed by atoms with van der Waals surface area (Å²) in [5.74, 6) is -3.42. The van der Waals surface area contributed by atoms with Crippen LogP contribution in [-0.4, -0.2) is 88.1 Å². The highest BCUT2D eigenvalue weighted by Crippen LogP contribution is 2.56. The first-order chi connectivity index (χ1) is 21.3. The maximum atomic E-state index is 14.5. The van der Waals surface area contributed by atoms with Gasteiger partial charge in [-0.25, -0.2) is 0 Å². The lowest BCUT2D eigenvalue weighted by Gasteiger charge is -2.38. The van der Waals surface area contributed by atoms with Crippen LogP contribution in [0.5, 0.6) is 0 Å². The van der Waals surface area contributed by atoms with Crippen molar-refractivity contribution in [2.75, 3.05) is 19.7 Å². The zero-order chi connectivity index (χ0) is 31.4. The number of cyclic esters (lactones) is 1. The Hall–Kier alpha value is -3.50. The molecule has 2 N–H and O–H groups in total. The lowest BCUT2D eigenvalue weighted by atomic mass is 9.74. The minimum Gasteiger partial charge on any atom is -0.455 e. The summed E-state index contributed by atoms with van der Waals surface area (Å²) in [5.41, 5.74) is -0.643. The van der Waals surface area contributed by atoms with Gasteiger partial charge in [-0.05, 0) is 31.7 Å². The molecular weight excluding hydrogens is 562 g/mol. The van der Waals surface area contributed by atoms with Crippen molar-refractivity contribution in [3.8, 4) is 0 Å². The molecule has 44 heavy (non-hydrogen) atoms. The average molecular weight is 608 g/mol. The number of rotatable bonds is 8. The van der Waals surface area contributed by atoms with E-state index in [9.17, 15) is 24.3 Å². The Kier molecular flexibility index (Phi) is 9.90. The monoisotopic (exact) mass is 607 g/mol. The molecule has 1 aromatic carbocycles. The van der Waals surface area contributed by atoms with E-state index in [1.165, 1.54) is 4.90 Å². The number of nitrogens with one attached hydrogen (secondary N) is 1. The van der Waals surface area contributed by atoms with Gasteiger partial charge in [0.25, 0.3) is 0 Å². The van der Waals surface area contributed by atoms with Crippen LogP contribution in [0.25, 0.3) is 0 Å². The van der Waals surface area contributed by atoms with Crippen molar-refractivity contribution >= 4 is 23.7 Å². The fourth-order valence-electron chi connectivity index (χ4n) is 7.22. The molecule has 8 atom stereocenters. The van der Waals surface area contributed by atoms with Gasteiger partial charge in [0.2, 0.25) is 17.7 Å². The molecule has 1 spiro atoms. The Bertz CT molecular complexity index is 1280. The third-order valence-electron chi connectivity index (χ3n) is 9.48. The topological polar surface area (TPSA) is 125 Å². The van der Waals surface area contributed by atoms with Crippen LogP contribution >= 0.6 is 0 Å². The van der Waals surface area contributed by atoms with Gasteiger partial charge >= 0.3 is 5.97 Å². The fraction of sp³-hybridized carbons (Fsp3) is 0.588. The van der Waals surface area contributed by atoms with Crippen LogP contribution in [0.2, 0.25) is 0 Å². The van der Waals surface area contributed by atoms with Gasteiger partial charge in [0.1, 0.15) is 23.7 Å². The van der Waals surface area contributed by atoms with Crippen molar-refractivity contribution in [3.05, 3.63) is 60.2 Å². The molecule has 0 aliphatic carbocycles. The number of hydrogen-bond donors (Lipinski definition) is 2. The summed E-state index contributed by atoms with van der Waals surface area (Å²) in [4.78, 5) is 59.1. The number of carbonyl (C=O) groups excluding carboxylic acids is 4. The normalized spacial score (nSPS) is 33.7. The number of allylic oxidation sites excluding steroid dienone is 1. The first-order valence-corrected chi connectivity index (χ1v) is 16.1. The van der Waals surface area contributed by atoms with Crippen LogP contribution in [0.3, 0.4) is 0 Å². The average Bonchev–Trinajstić information content (AvgIpc) is 3.66. The first-order valence-electron chi connectivity index (χ1n) is 16.1. The predicted octanol–water partition coefficient (Wildman–Crippen LogP) is 3.07. The number of hydrogen-bond acceptors (Lipinski definition) is 7. The summed E-state index contributed by atoms with van der Waals surface area (Å²) < 4.78 is 12.7. The largest absolute Gasteiger partial charge is 0.455 e. The summed E-state index contributed by atoms with van der Waals surface area (Å²) in [5, 5.41) is 13.3. The van der Waals surface area contributed by atoms with E-state index in [1.807, 2.05) is 49.4 Å². The number of likely N-dealkylation sites (tertiary alicyclic amines) is 1. The zero-order valence-electron chi connectivity index (χ0n) is 25.9. The number of esters is 1. The maximum absolute atomic E-state index is 14.5. The zero-order valence-corrected chi connectivity index (χ0v) is 25.9. The highest BCUT2D eigenvalue weighted by Gasteiger charge is 2.74. The molecule has 4 aliphatic rings. The van der Waals surface area contributed by atoms with Crippen molar-refractivity contribution in [1.82, 2.24) is 15.1 Å². The molecule has 0 radical (unpaired) electrons. The second-order valence-electron chi connectivity index (χ2n) is 12.3. The van der Waals surface area contributed by atoms with Crippen LogP contribution in [0, 0.1) is 11.8 Å². The molecule has 238 valence electrons. The van der Waals surface area contributed by atoms with Crippen LogP contribution in [0.15, 0.2) is 54.6 Å². The van der Waals surface area contributed by atoms with E-state index in [-0.39, 0.29) is 30.7 Å². The van der Waals surface area contributed by atoms with Crippen molar-refractivity contribution in [2.45, 2.75) is 95.2 Å². The first kappa shape index (κ1) is 31.9. The second kappa shape index (κ2) is 13.6. The number of aliphatic hydroxyl groups is 1. The molecule has 5 rings (SSSR count). The van der Waals surface area contributed by atoms with Gasteiger partial charge in [0, 0.05) is 19.5 Å². The van der Waals surface area contributed by atoms with E-state index in [2.05, 4.69) is 12.2 Å². The summed E-state index contributed by atoms with van der Waals surface area (Å²) >= 11 is 0. The van der Waals surface area contributed by atoms with Crippen molar-refractivity contribution in [3.63, 3.8) is 0 Å². The molecule has 0 aromatic heterocycles. The summed E-state index contributed by atoms with van der Waals surface area (Å²) in [6.07, 6.45) is 9.65. The van der Waals surface area contributed by atoms with Crippen molar-refractivity contribution in [2.24, 2.45) is 11.8 Å². The van der Waals surface area contributed by atoms with Gasteiger partial charge in [-0.1, -0.05) is 81.3 Å². The second-order valence-corrected chi connectivity index (χ2v) is 12.3. The molecule has 2 saturated heterocycles. The summed E-state index contributed by atoms with van der Waals surface area (Å²) in [6.45, 7) is 6.23. The number of amides is 3. The standard InChI is InChI=1S/C34H45N3O7/c1-4-6-12-19-36-20-13-8-11-16-26(39)35-22(3)29(23-14-9-7-10-15-23)43-33(42)27-25-17-18-34(44-25)28(27)31(40)37(24(5-2)21-38)30(34)32(36)41/h7-10,13-15,17-18,22,24-25,27-30,38H,4-6,11-12,16,19-21H2,1-3H3,(H,35,39)/b13-8-/t22-,24-,25+,27-,28-,29+,30+,34-/m0/s1. The third-order valence-corrected chi connectivity index (χ3v) is 9.48. The Morgan fingerprint density at radius 3 is 2.55 bits per heavy atom. The van der Waals surface area contributed by atoms with Gasteiger partial charge in [0.15, 0.2) is 0 Å². The number of carbonyl (C=O) groups is 4. The third kappa shape index (κ3) is 5.81. The smallest absolute Gasteiger partial charge is 0.313 e. The minimum absolute atomic E-state index is 0.177. The van der Waals surface area contributed by atoms with Gasteiger partial charge < -0.3 is 29.7 Å². The van der Waals surface area contributed by atoms with E-state index in [0.717, 1.165) is 19.3 Å². The SMILES string of the molecule is CCCCCN1C/C=C\CCC(=O)N[C@@H](C)[C@H](c2ccccc2)OC(=O)[C@@H]2[C@H]3C(=O)N([C@@H](CC)CO)[C@H](C1=O)[C@]31C=C[C@H]2O1. The number of aliphatic hydroxyl groups excluding tert-OH is 1. The van der Waals surface area contributed by atoms with Gasteiger partial charge in [-0.2, -0.15) is 0 Å². The molecule has 5 bridgehead atoms. The predicted molar refractivity (Wildman–Crippen MR) is 163 cm³/mol. The van der Waals surface area contributed by atoms with E-state index in [1.54, 1.807) is 24.0 Å². The summed E-state index contributed by atoms with van der Waals surface area (Å²) in [6, 6.07) is 7.01. The highest BCUT2D eigenvalue weighted by atomic mass is 16.6. The van der Waals surface area contributed by atoms with Crippen molar-refractivity contribution in [1.29, 1.82) is 0 Å². The van der Waals surface area contributed by atoms with Gasteiger partial charge in [-0.15, -0.1) is 0 Å². The van der Waals surface area contributed by atoms with Crippen LogP contribution in [0.4, 0.5) is 0 Å². The number of ether oxygens (including phenoxy) is 2. The Morgan fingerprint density at radius 2 is 1.84 bits per heavy atom. The van der Waals surface area contributed by atoms with E-state index < -0.39 is 53.7 Å². The lowest BCUT2D eigenvalue weighted by molar-refractivity contribution is -0.162. The molecule has 10 heteroatoms. The summed E-state index contributed by atoms with van der Waals surface area (Å²) in [7, 11) is 0. The van der Waals surface area contributed by atoms with Crippen LogP contribution < -0.4 is 5.32 Å². The molecule has 0 saturated carbocycles. The lowest BCUT2D eigenvalue weighted by Crippen LogP contribution is -2.58. The quantitative estimate of drug-likeness (QED) is 0.264.